The molecule has 0 unspecified atom stereocenters. The zero-order valence-electron chi connectivity index (χ0n) is 16.9. The molecule has 6 heteroatoms. The van der Waals surface area contributed by atoms with Crippen LogP contribution in [0.5, 0.6) is 5.75 Å². The van der Waals surface area contributed by atoms with Crippen molar-refractivity contribution >= 4 is 17.4 Å². The number of ether oxygens (including phenoxy) is 1. The van der Waals surface area contributed by atoms with Gasteiger partial charge in [-0.2, -0.15) is 0 Å². The van der Waals surface area contributed by atoms with E-state index in [-0.39, 0.29) is 24.0 Å². The summed E-state index contributed by atoms with van der Waals surface area (Å²) >= 11 is 0. The first-order chi connectivity index (χ1) is 14.5. The molecule has 0 radical (unpaired) electrons. The van der Waals surface area contributed by atoms with Gasteiger partial charge in [0.2, 0.25) is 5.91 Å². The molecule has 3 aromatic carbocycles. The third kappa shape index (κ3) is 5.30. The van der Waals surface area contributed by atoms with E-state index in [0.29, 0.717) is 23.4 Å². The monoisotopic (exact) mass is 406 g/mol. The number of amides is 1. The Hall–Kier alpha value is -3.51. The average Bonchev–Trinajstić information content (AvgIpc) is 2.74. The van der Waals surface area contributed by atoms with Crippen molar-refractivity contribution in [3.63, 3.8) is 0 Å². The fraction of sp³-hybridized carbons (Fsp3) is 0.167. The standard InChI is InChI=1S/C24H23FN2O3/c1-27(15-17-12-13-22(30-2)20(25)14-17)16-23(28)26-21-11-7-6-10-19(21)24(29)18-8-4-3-5-9-18/h3-14H,15-16H2,1-2H3,(H,26,28). The molecule has 154 valence electrons. The van der Waals surface area contributed by atoms with E-state index in [0.717, 1.165) is 5.56 Å². The summed E-state index contributed by atoms with van der Waals surface area (Å²) in [6.07, 6.45) is 0. The smallest absolute Gasteiger partial charge is 0.238 e. The first-order valence-electron chi connectivity index (χ1n) is 9.47. The number of carbonyl (C=O) groups excluding carboxylic acids is 2. The molecule has 0 bridgehead atoms. The summed E-state index contributed by atoms with van der Waals surface area (Å²) in [5, 5.41) is 2.81. The molecule has 0 spiro atoms. The zero-order chi connectivity index (χ0) is 21.5. The number of halogens is 1. The molecule has 1 amide bonds. The van der Waals surface area contributed by atoms with Crippen molar-refractivity contribution in [2.24, 2.45) is 0 Å². The number of rotatable bonds is 8. The number of hydrogen-bond acceptors (Lipinski definition) is 4. The van der Waals surface area contributed by atoms with Gasteiger partial charge in [0.1, 0.15) is 0 Å². The van der Waals surface area contributed by atoms with Gasteiger partial charge in [-0.1, -0.05) is 48.5 Å². The number of para-hydroxylation sites is 1. The third-order valence-electron chi connectivity index (χ3n) is 4.56. The summed E-state index contributed by atoms with van der Waals surface area (Å²) in [5.41, 5.74) is 2.17. The van der Waals surface area contributed by atoms with E-state index in [1.54, 1.807) is 72.6 Å². The maximum absolute atomic E-state index is 13.9. The van der Waals surface area contributed by atoms with E-state index in [1.165, 1.54) is 13.2 Å². The van der Waals surface area contributed by atoms with E-state index < -0.39 is 5.82 Å². The third-order valence-corrected chi connectivity index (χ3v) is 4.56. The Balaban J connectivity index is 1.65. The highest BCUT2D eigenvalue weighted by Crippen LogP contribution is 2.20. The Labute approximate surface area is 175 Å². The number of likely N-dealkylation sites (N-methyl/N-ethyl adjacent to an activating group) is 1. The van der Waals surface area contributed by atoms with Gasteiger partial charge in [-0.05, 0) is 36.9 Å². The second-order valence-corrected chi connectivity index (χ2v) is 6.93. The molecule has 3 aromatic rings. The molecule has 0 aliphatic heterocycles. The van der Waals surface area contributed by atoms with Crippen molar-refractivity contribution in [2.45, 2.75) is 6.54 Å². The van der Waals surface area contributed by atoms with Crippen molar-refractivity contribution in [1.82, 2.24) is 4.90 Å². The van der Waals surface area contributed by atoms with Crippen LogP contribution in [-0.2, 0) is 11.3 Å². The lowest BCUT2D eigenvalue weighted by Gasteiger charge is -2.17. The number of nitrogens with one attached hydrogen (secondary N) is 1. The van der Waals surface area contributed by atoms with Crippen LogP contribution >= 0.6 is 0 Å². The molecule has 0 atom stereocenters. The number of ketones is 1. The Kier molecular flexibility index (Phi) is 6.93. The molecule has 0 aromatic heterocycles. The van der Waals surface area contributed by atoms with E-state index in [2.05, 4.69) is 5.32 Å². The molecule has 1 N–H and O–H groups in total. The van der Waals surface area contributed by atoms with Crippen molar-refractivity contribution < 1.29 is 18.7 Å². The Morgan fingerprint density at radius 2 is 1.70 bits per heavy atom. The first kappa shape index (κ1) is 21.2. The van der Waals surface area contributed by atoms with Gasteiger partial charge in [-0.25, -0.2) is 4.39 Å². The number of benzene rings is 3. The molecule has 5 nitrogen and oxygen atoms in total. The summed E-state index contributed by atoms with van der Waals surface area (Å²) in [6.45, 7) is 0.473. The number of hydrogen-bond donors (Lipinski definition) is 1. The van der Waals surface area contributed by atoms with Gasteiger partial charge in [0.15, 0.2) is 17.3 Å². The highest BCUT2D eigenvalue weighted by Gasteiger charge is 2.16. The summed E-state index contributed by atoms with van der Waals surface area (Å²) in [4.78, 5) is 27.1. The molecule has 30 heavy (non-hydrogen) atoms. The van der Waals surface area contributed by atoms with Crippen molar-refractivity contribution in [1.29, 1.82) is 0 Å². The van der Waals surface area contributed by atoms with Crippen LogP contribution in [0, 0.1) is 5.82 Å². The lowest BCUT2D eigenvalue weighted by atomic mass is 10.0. The van der Waals surface area contributed by atoms with Crippen LogP contribution in [0.25, 0.3) is 0 Å². The average molecular weight is 406 g/mol. The number of nitrogens with zero attached hydrogens (tertiary/aromatic N) is 1. The lowest BCUT2D eigenvalue weighted by Crippen LogP contribution is -2.30. The maximum Gasteiger partial charge on any atom is 0.238 e. The minimum Gasteiger partial charge on any atom is -0.494 e. The molecular formula is C24H23FN2O3. The molecule has 0 aliphatic carbocycles. The van der Waals surface area contributed by atoms with Gasteiger partial charge < -0.3 is 10.1 Å². The lowest BCUT2D eigenvalue weighted by molar-refractivity contribution is -0.117. The number of methoxy groups -OCH3 is 1. The predicted molar refractivity (Wildman–Crippen MR) is 114 cm³/mol. The highest BCUT2D eigenvalue weighted by molar-refractivity contribution is 6.13. The maximum atomic E-state index is 13.9. The minimum atomic E-state index is -0.443. The van der Waals surface area contributed by atoms with Crippen LogP contribution in [0.1, 0.15) is 21.5 Å². The summed E-state index contributed by atoms with van der Waals surface area (Å²) < 4.78 is 18.8. The number of carbonyl (C=O) groups is 2. The van der Waals surface area contributed by atoms with Crippen LogP contribution in [0.2, 0.25) is 0 Å². The van der Waals surface area contributed by atoms with E-state index in [9.17, 15) is 14.0 Å². The van der Waals surface area contributed by atoms with E-state index in [1.807, 2.05) is 6.07 Å². The fourth-order valence-electron chi connectivity index (χ4n) is 3.15. The largest absolute Gasteiger partial charge is 0.494 e. The van der Waals surface area contributed by atoms with Crippen LogP contribution in [0.15, 0.2) is 72.8 Å². The molecule has 3 rings (SSSR count). The minimum absolute atomic E-state index is 0.0848. The molecule has 0 heterocycles. The van der Waals surface area contributed by atoms with Gasteiger partial charge in [-0.3, -0.25) is 14.5 Å². The van der Waals surface area contributed by atoms with Gasteiger partial charge in [0, 0.05) is 17.7 Å². The first-order valence-corrected chi connectivity index (χ1v) is 9.47. The van der Waals surface area contributed by atoms with Crippen molar-refractivity contribution in [3.05, 3.63) is 95.3 Å². The normalized spacial score (nSPS) is 10.7. The van der Waals surface area contributed by atoms with Crippen molar-refractivity contribution in [2.75, 3.05) is 26.0 Å². The highest BCUT2D eigenvalue weighted by atomic mass is 19.1. The molecule has 0 saturated heterocycles. The SMILES string of the molecule is COc1ccc(CN(C)CC(=O)Nc2ccccc2C(=O)c2ccccc2)cc1F. The summed E-state index contributed by atoms with van der Waals surface area (Å²) in [6, 6.07) is 20.5. The number of anilines is 1. The fourth-order valence-corrected chi connectivity index (χ4v) is 3.15. The molecule has 0 saturated carbocycles. The second-order valence-electron chi connectivity index (χ2n) is 6.93. The second kappa shape index (κ2) is 9.80. The zero-order valence-corrected chi connectivity index (χ0v) is 16.9. The Morgan fingerprint density at radius 1 is 1.00 bits per heavy atom. The Morgan fingerprint density at radius 3 is 2.40 bits per heavy atom. The topological polar surface area (TPSA) is 58.6 Å². The van der Waals surface area contributed by atoms with Gasteiger partial charge in [-0.15, -0.1) is 0 Å². The van der Waals surface area contributed by atoms with Crippen LogP contribution in [0.4, 0.5) is 10.1 Å². The van der Waals surface area contributed by atoms with E-state index in [4.69, 9.17) is 4.74 Å². The summed E-state index contributed by atoms with van der Waals surface area (Å²) in [7, 11) is 3.18. The Bertz CT molecular complexity index is 1040. The quantitative estimate of drug-likeness (QED) is 0.572. The van der Waals surface area contributed by atoms with Gasteiger partial charge >= 0.3 is 0 Å². The predicted octanol–water partition coefficient (Wildman–Crippen LogP) is 4.14. The van der Waals surface area contributed by atoms with Gasteiger partial charge in [0.25, 0.3) is 0 Å². The van der Waals surface area contributed by atoms with Crippen molar-refractivity contribution in [3.8, 4) is 5.75 Å². The van der Waals surface area contributed by atoms with Crippen LogP contribution < -0.4 is 10.1 Å². The summed E-state index contributed by atoms with van der Waals surface area (Å²) in [5.74, 6) is -0.687. The molecule has 0 fully saturated rings. The van der Waals surface area contributed by atoms with Crippen LogP contribution in [0.3, 0.4) is 0 Å². The van der Waals surface area contributed by atoms with E-state index >= 15 is 0 Å². The molecular weight excluding hydrogens is 383 g/mol. The van der Waals surface area contributed by atoms with Crippen LogP contribution in [-0.4, -0.2) is 37.3 Å². The van der Waals surface area contributed by atoms with Gasteiger partial charge in [0.05, 0.1) is 19.3 Å². The molecule has 0 aliphatic rings.